The number of piperidine rings is 1. The van der Waals surface area contributed by atoms with E-state index in [1.54, 1.807) is 0 Å². The molecule has 0 saturated carbocycles. The zero-order valence-electron chi connectivity index (χ0n) is 14.2. The molecule has 1 aliphatic heterocycles. The molecule has 4 N–H and O–H groups in total. The Bertz CT molecular complexity index is 863. The molecule has 3 aromatic rings. The first-order chi connectivity index (χ1) is 11.8. The van der Waals surface area contributed by atoms with Gasteiger partial charge in [0.25, 0.3) is 0 Å². The summed E-state index contributed by atoms with van der Waals surface area (Å²) < 4.78 is 0. The first-order valence-electron chi connectivity index (χ1n) is 8.26. The van der Waals surface area contributed by atoms with Crippen LogP contribution in [0.3, 0.4) is 0 Å². The molecular formula is C18H22ClN5O2. The van der Waals surface area contributed by atoms with E-state index in [9.17, 15) is 4.79 Å². The minimum atomic E-state index is 0. The van der Waals surface area contributed by atoms with E-state index in [1.165, 1.54) is 6.42 Å². The topological polar surface area (TPSA) is 105 Å². The maximum Gasteiger partial charge on any atom is 0.231 e. The second-order valence-electron chi connectivity index (χ2n) is 5.99. The third-order valence-corrected chi connectivity index (χ3v) is 4.39. The smallest absolute Gasteiger partial charge is 0.231 e. The summed E-state index contributed by atoms with van der Waals surface area (Å²) in [5, 5.41) is 2.58. The van der Waals surface area contributed by atoms with Crippen LogP contribution in [0.2, 0.25) is 0 Å². The molecule has 1 aromatic carbocycles. The van der Waals surface area contributed by atoms with Crippen molar-refractivity contribution in [2.45, 2.75) is 19.3 Å². The van der Waals surface area contributed by atoms with Gasteiger partial charge in [-0.1, -0.05) is 30.3 Å². The molecule has 1 amide bonds. The Kier molecular flexibility index (Phi) is 6.54. The minimum Gasteiger partial charge on any atom is -0.412 e. The van der Waals surface area contributed by atoms with E-state index in [4.69, 9.17) is 0 Å². The standard InChI is InChI=1S/C18H19N5O.ClH.H2O/c24-12-19-18-21-15-11-14(13-7-3-1-4-8-13)20-16(15)17(22-18)23-9-5-2-6-10-23;;/h1,3-4,7-8,11-12,20H,2,5-6,9-10H2,(H,19,21,22,24);1H;1H2. The van der Waals surface area contributed by atoms with E-state index in [0.717, 1.165) is 54.0 Å². The lowest BCUT2D eigenvalue weighted by molar-refractivity contribution is -0.105. The molecule has 1 fully saturated rings. The van der Waals surface area contributed by atoms with Gasteiger partial charge in [0, 0.05) is 18.8 Å². The van der Waals surface area contributed by atoms with Crippen molar-refractivity contribution in [2.75, 3.05) is 23.3 Å². The number of amides is 1. The Morgan fingerprint density at radius 2 is 1.81 bits per heavy atom. The van der Waals surface area contributed by atoms with Gasteiger partial charge in [0.05, 0.1) is 5.52 Å². The van der Waals surface area contributed by atoms with Crippen LogP contribution in [0.5, 0.6) is 0 Å². The van der Waals surface area contributed by atoms with Crippen LogP contribution in [-0.4, -0.2) is 39.9 Å². The molecule has 7 nitrogen and oxygen atoms in total. The summed E-state index contributed by atoms with van der Waals surface area (Å²) in [5.74, 6) is 1.21. The van der Waals surface area contributed by atoms with Crippen LogP contribution in [-0.2, 0) is 4.79 Å². The van der Waals surface area contributed by atoms with Crippen molar-refractivity contribution in [3.8, 4) is 11.3 Å². The van der Waals surface area contributed by atoms with Crippen molar-refractivity contribution in [3.05, 3.63) is 36.4 Å². The Balaban J connectivity index is 0.00000121. The van der Waals surface area contributed by atoms with Crippen molar-refractivity contribution in [2.24, 2.45) is 0 Å². The third kappa shape index (κ3) is 3.79. The van der Waals surface area contributed by atoms with Crippen LogP contribution in [0.4, 0.5) is 11.8 Å². The van der Waals surface area contributed by atoms with Gasteiger partial charge in [0.1, 0.15) is 5.52 Å². The molecule has 3 heterocycles. The van der Waals surface area contributed by atoms with Crippen LogP contribution in [0, 0.1) is 0 Å². The van der Waals surface area contributed by atoms with E-state index >= 15 is 0 Å². The predicted molar refractivity (Wildman–Crippen MR) is 106 cm³/mol. The number of hydrogen-bond acceptors (Lipinski definition) is 4. The van der Waals surface area contributed by atoms with Crippen molar-refractivity contribution < 1.29 is 10.3 Å². The molecule has 0 bridgehead atoms. The van der Waals surface area contributed by atoms with Gasteiger partial charge >= 0.3 is 0 Å². The molecule has 138 valence electrons. The molecule has 1 aliphatic rings. The quantitative estimate of drug-likeness (QED) is 0.684. The highest BCUT2D eigenvalue weighted by atomic mass is 35.5. The number of nitrogens with one attached hydrogen (secondary N) is 2. The molecule has 0 unspecified atom stereocenters. The zero-order chi connectivity index (χ0) is 16.4. The fourth-order valence-corrected chi connectivity index (χ4v) is 3.22. The van der Waals surface area contributed by atoms with E-state index in [1.807, 2.05) is 24.3 Å². The second kappa shape index (κ2) is 8.64. The molecule has 0 radical (unpaired) electrons. The molecule has 1 saturated heterocycles. The number of benzene rings is 1. The number of anilines is 2. The number of fused-ring (bicyclic) bond motifs is 1. The van der Waals surface area contributed by atoms with Gasteiger partial charge in [-0.25, -0.2) is 4.98 Å². The van der Waals surface area contributed by atoms with Crippen LogP contribution in [0.25, 0.3) is 22.3 Å². The summed E-state index contributed by atoms with van der Waals surface area (Å²) in [4.78, 5) is 25.6. The van der Waals surface area contributed by atoms with Gasteiger partial charge in [-0.05, 0) is 30.9 Å². The van der Waals surface area contributed by atoms with Gasteiger partial charge in [0.2, 0.25) is 12.4 Å². The molecule has 2 aromatic heterocycles. The number of aromatic amines is 1. The highest BCUT2D eigenvalue weighted by Gasteiger charge is 2.19. The predicted octanol–water partition coefficient (Wildman–Crippen LogP) is 2.78. The Morgan fingerprint density at radius 3 is 2.50 bits per heavy atom. The van der Waals surface area contributed by atoms with Crippen LogP contribution in [0.15, 0.2) is 36.4 Å². The molecular weight excluding hydrogens is 354 g/mol. The normalized spacial score (nSPS) is 13.6. The van der Waals surface area contributed by atoms with E-state index in [2.05, 4.69) is 37.3 Å². The average molecular weight is 376 g/mol. The minimum absolute atomic E-state index is 0. The van der Waals surface area contributed by atoms with E-state index in [0.29, 0.717) is 12.4 Å². The van der Waals surface area contributed by atoms with Crippen molar-refractivity contribution >= 4 is 41.6 Å². The summed E-state index contributed by atoms with van der Waals surface area (Å²) in [5.41, 5.74) is 3.84. The molecule has 0 spiro atoms. The number of hydrogen-bond donors (Lipinski definition) is 2. The Labute approximate surface area is 157 Å². The van der Waals surface area contributed by atoms with Crippen molar-refractivity contribution in [3.63, 3.8) is 0 Å². The van der Waals surface area contributed by atoms with Crippen molar-refractivity contribution in [1.82, 2.24) is 15.0 Å². The van der Waals surface area contributed by atoms with Gasteiger partial charge in [-0.3, -0.25) is 10.1 Å². The number of aromatic nitrogens is 3. The summed E-state index contributed by atoms with van der Waals surface area (Å²) in [6, 6.07) is 12.1. The fourth-order valence-electron chi connectivity index (χ4n) is 3.22. The van der Waals surface area contributed by atoms with Crippen LogP contribution < -0.4 is 10.2 Å². The van der Waals surface area contributed by atoms with Gasteiger partial charge in [0.15, 0.2) is 5.82 Å². The van der Waals surface area contributed by atoms with Gasteiger partial charge < -0.3 is 15.4 Å². The molecule has 26 heavy (non-hydrogen) atoms. The number of H-pyrrole nitrogens is 1. The summed E-state index contributed by atoms with van der Waals surface area (Å²) in [6.07, 6.45) is 4.19. The summed E-state index contributed by atoms with van der Waals surface area (Å²) in [6.45, 7) is 1.96. The third-order valence-electron chi connectivity index (χ3n) is 4.39. The highest BCUT2D eigenvalue weighted by Crippen LogP contribution is 2.30. The Hall–Kier alpha value is -2.64. The average Bonchev–Trinajstić information content (AvgIpc) is 3.07. The van der Waals surface area contributed by atoms with Crippen LogP contribution >= 0.6 is 12.4 Å². The molecule has 4 rings (SSSR count). The monoisotopic (exact) mass is 375 g/mol. The second-order valence-corrected chi connectivity index (χ2v) is 5.99. The first-order valence-corrected chi connectivity index (χ1v) is 8.26. The lowest BCUT2D eigenvalue weighted by atomic mass is 10.1. The summed E-state index contributed by atoms with van der Waals surface area (Å²) >= 11 is 0. The lowest BCUT2D eigenvalue weighted by Crippen LogP contribution is -2.30. The number of carbonyl (C=O) groups excluding carboxylic acids is 1. The lowest BCUT2D eigenvalue weighted by Gasteiger charge is -2.28. The summed E-state index contributed by atoms with van der Waals surface area (Å²) in [7, 11) is 0. The fraction of sp³-hybridized carbons (Fsp3) is 0.278. The maximum absolute atomic E-state index is 10.8. The molecule has 0 atom stereocenters. The van der Waals surface area contributed by atoms with E-state index < -0.39 is 0 Å². The number of halogens is 1. The Morgan fingerprint density at radius 1 is 1.08 bits per heavy atom. The number of carbonyl (C=O) groups is 1. The van der Waals surface area contributed by atoms with Gasteiger partial charge in [-0.15, -0.1) is 12.4 Å². The maximum atomic E-state index is 10.8. The zero-order valence-corrected chi connectivity index (χ0v) is 15.1. The van der Waals surface area contributed by atoms with Gasteiger partial charge in [-0.2, -0.15) is 4.98 Å². The molecule has 8 heteroatoms. The van der Waals surface area contributed by atoms with Crippen LogP contribution in [0.1, 0.15) is 19.3 Å². The number of rotatable bonds is 4. The van der Waals surface area contributed by atoms with Crippen molar-refractivity contribution in [1.29, 1.82) is 0 Å². The highest BCUT2D eigenvalue weighted by molar-refractivity contribution is 5.92. The van der Waals surface area contributed by atoms with E-state index in [-0.39, 0.29) is 17.9 Å². The SMILES string of the molecule is Cl.O.O=CNc1nc(N2CCCCC2)c2[nH]c(-c3ccccc3)cc2n1. The molecule has 0 aliphatic carbocycles. The number of nitrogens with zero attached hydrogens (tertiary/aromatic N) is 3. The first kappa shape index (κ1) is 19.7. The largest absolute Gasteiger partial charge is 0.412 e.